The zero-order valence-electron chi connectivity index (χ0n) is 39.9. The van der Waals surface area contributed by atoms with Crippen molar-refractivity contribution in [3.8, 4) is 33.4 Å². The van der Waals surface area contributed by atoms with Gasteiger partial charge in [0.25, 0.3) is 0 Å². The molecular formula is C64H54N2Si2. The molecule has 3 aliphatic rings. The highest BCUT2D eigenvalue weighted by Crippen LogP contribution is 2.53. The molecule has 10 aromatic rings. The van der Waals surface area contributed by atoms with E-state index in [9.17, 15) is 0 Å². The minimum Gasteiger partial charge on any atom is -0.311 e. The summed E-state index contributed by atoms with van der Waals surface area (Å²) in [6.45, 7) is 17.0. The van der Waals surface area contributed by atoms with Crippen LogP contribution in [0.15, 0.2) is 200 Å². The lowest BCUT2D eigenvalue weighted by atomic mass is 9.80. The molecule has 4 heteroatoms. The van der Waals surface area contributed by atoms with Crippen molar-refractivity contribution in [2.75, 3.05) is 9.80 Å². The maximum Gasteiger partial charge on any atom is 0.117 e. The first-order valence-corrected chi connectivity index (χ1v) is 30.3. The number of fused-ring (bicyclic) bond motifs is 9. The van der Waals surface area contributed by atoms with E-state index in [2.05, 4.69) is 257 Å². The van der Waals surface area contributed by atoms with E-state index in [1.54, 1.807) is 0 Å². The molecule has 0 N–H and O–H groups in total. The van der Waals surface area contributed by atoms with E-state index in [4.69, 9.17) is 0 Å². The van der Waals surface area contributed by atoms with Crippen LogP contribution >= 0.6 is 0 Å². The lowest BCUT2D eigenvalue weighted by Gasteiger charge is -2.41. The van der Waals surface area contributed by atoms with Crippen LogP contribution < -0.4 is 30.5 Å². The van der Waals surface area contributed by atoms with Crippen LogP contribution in [-0.4, -0.2) is 16.1 Å². The van der Waals surface area contributed by atoms with Crippen molar-refractivity contribution < 1.29 is 0 Å². The molecule has 0 bridgehead atoms. The minimum atomic E-state index is -1.98. The summed E-state index contributed by atoms with van der Waals surface area (Å²) >= 11 is 0. The first-order chi connectivity index (χ1) is 32.9. The highest BCUT2D eigenvalue weighted by atomic mass is 28.3. The normalized spacial score (nSPS) is 15.6. The maximum atomic E-state index is 2.55. The van der Waals surface area contributed by atoms with Gasteiger partial charge in [0.15, 0.2) is 0 Å². The lowest BCUT2D eigenvalue weighted by molar-refractivity contribution is 0.660. The van der Waals surface area contributed by atoms with Crippen LogP contribution in [0.3, 0.4) is 0 Å². The molecule has 1 aliphatic carbocycles. The molecule has 0 radical (unpaired) electrons. The molecule has 0 spiro atoms. The average molecular weight is 907 g/mol. The fraction of sp³-hybridized carbons (Fsp3) is 0.125. The van der Waals surface area contributed by atoms with Gasteiger partial charge in [-0.2, -0.15) is 0 Å². The number of hydrogen-bond acceptors (Lipinski definition) is 2. The van der Waals surface area contributed by atoms with Crippen LogP contribution in [0.5, 0.6) is 0 Å². The number of aryl methyl sites for hydroxylation is 1. The quantitative estimate of drug-likeness (QED) is 0.128. The minimum absolute atomic E-state index is 0.141. The van der Waals surface area contributed by atoms with Gasteiger partial charge in [-0.05, 0) is 148 Å². The zero-order chi connectivity index (χ0) is 46.3. The van der Waals surface area contributed by atoms with E-state index in [1.165, 1.54) is 126 Å². The van der Waals surface area contributed by atoms with Crippen molar-refractivity contribution in [2.45, 2.75) is 52.4 Å². The van der Waals surface area contributed by atoms with Gasteiger partial charge in [0.2, 0.25) is 0 Å². The van der Waals surface area contributed by atoms with Gasteiger partial charge in [0.05, 0.1) is 0 Å². The first-order valence-electron chi connectivity index (χ1n) is 24.3. The second-order valence-corrected chi connectivity index (χ2v) is 29.7. The SMILES string of the molecule is Cc1ccc(-c2c3ccc(N4c5ccccc5[Si](C)(C)c5ccccc54)cc3c(-c3ccc4c(c3)C(C)(C)c3ccccc3-4)c3ccc(N4c5ccccc5[Si](C)(C)c5ccccc54)cc23)cc1. The summed E-state index contributed by atoms with van der Waals surface area (Å²) in [6, 6.07) is 76.8. The molecule has 0 amide bonds. The summed E-state index contributed by atoms with van der Waals surface area (Å²) in [5, 5.41) is 10.9. The number of benzene rings is 10. The number of para-hydroxylation sites is 4. The summed E-state index contributed by atoms with van der Waals surface area (Å²) in [5.74, 6) is 0. The highest BCUT2D eigenvalue weighted by molar-refractivity contribution is 7.03. The summed E-state index contributed by atoms with van der Waals surface area (Å²) in [4.78, 5) is 5.09. The molecule has 0 atom stereocenters. The van der Waals surface area contributed by atoms with E-state index in [1.807, 2.05) is 0 Å². The predicted molar refractivity (Wildman–Crippen MR) is 297 cm³/mol. The van der Waals surface area contributed by atoms with Gasteiger partial charge in [-0.15, -0.1) is 0 Å². The standard InChI is InChI=1S/C64H54N2Si2/c1-41-28-30-42(31-29-41)62-48-36-33-45(66-56-22-12-16-26-60(56)68(6,7)61-27-17-13-23-57(61)66)40-51(48)63(43-32-35-47-46-18-8-9-19-52(46)64(2,3)53(47)38-43)49-37-34-44(39-50(49)62)65-54-20-10-14-24-58(54)67(4,5)59-25-15-11-21-55(59)65/h8-40H,1-7H3. The Morgan fingerprint density at radius 3 is 1.24 bits per heavy atom. The molecule has 2 aliphatic heterocycles. The molecule has 2 nitrogen and oxygen atoms in total. The van der Waals surface area contributed by atoms with Gasteiger partial charge in [-0.3, -0.25) is 0 Å². The Morgan fingerprint density at radius 2 is 0.750 bits per heavy atom. The second kappa shape index (κ2) is 14.6. The Hall–Kier alpha value is -7.25. The van der Waals surface area contributed by atoms with Crippen molar-refractivity contribution in [3.05, 3.63) is 217 Å². The molecule has 13 rings (SSSR count). The van der Waals surface area contributed by atoms with Crippen molar-refractivity contribution in [1.29, 1.82) is 0 Å². The van der Waals surface area contributed by atoms with Crippen molar-refractivity contribution in [1.82, 2.24) is 0 Å². The molecule has 10 aromatic carbocycles. The summed E-state index contributed by atoms with van der Waals surface area (Å²) < 4.78 is 0. The predicted octanol–water partition coefficient (Wildman–Crippen LogP) is 15.2. The molecule has 2 heterocycles. The number of rotatable bonds is 4. The van der Waals surface area contributed by atoms with E-state index in [0.717, 1.165) is 0 Å². The number of nitrogens with zero attached hydrogens (tertiary/aromatic N) is 2. The fourth-order valence-electron chi connectivity index (χ4n) is 12.6. The van der Waals surface area contributed by atoms with Crippen LogP contribution in [0.25, 0.3) is 54.9 Å². The third-order valence-corrected chi connectivity index (χ3v) is 23.2. The summed E-state index contributed by atoms with van der Waals surface area (Å²) in [7, 11) is -3.96. The lowest BCUT2D eigenvalue weighted by Crippen LogP contribution is -2.58. The molecule has 0 fully saturated rings. The smallest absolute Gasteiger partial charge is 0.117 e. The van der Waals surface area contributed by atoms with E-state index in [-0.39, 0.29) is 5.41 Å². The molecular weight excluding hydrogens is 853 g/mol. The highest BCUT2D eigenvalue weighted by Gasteiger charge is 2.41. The van der Waals surface area contributed by atoms with Gasteiger partial charge in [0, 0.05) is 39.5 Å². The van der Waals surface area contributed by atoms with Crippen LogP contribution in [0, 0.1) is 6.92 Å². The Labute approximate surface area is 402 Å². The Kier molecular flexibility index (Phi) is 8.82. The molecule has 0 aromatic heterocycles. The average Bonchev–Trinajstić information content (AvgIpc) is 3.59. The zero-order valence-corrected chi connectivity index (χ0v) is 41.9. The van der Waals surface area contributed by atoms with Crippen LogP contribution in [0.4, 0.5) is 34.1 Å². The molecule has 0 saturated carbocycles. The maximum absolute atomic E-state index is 2.55. The Bertz CT molecular complexity index is 3650. The van der Waals surface area contributed by atoms with Crippen molar-refractivity contribution in [2.24, 2.45) is 0 Å². The van der Waals surface area contributed by atoms with Crippen LogP contribution in [-0.2, 0) is 5.41 Å². The van der Waals surface area contributed by atoms with Crippen molar-refractivity contribution in [3.63, 3.8) is 0 Å². The van der Waals surface area contributed by atoms with Crippen molar-refractivity contribution >= 4 is 92.6 Å². The number of hydrogen-bond donors (Lipinski definition) is 0. The van der Waals surface area contributed by atoms with E-state index >= 15 is 0 Å². The topological polar surface area (TPSA) is 6.48 Å². The second-order valence-electron chi connectivity index (χ2n) is 21.0. The Balaban J connectivity index is 1.14. The van der Waals surface area contributed by atoms with Gasteiger partial charge < -0.3 is 9.80 Å². The Morgan fingerprint density at radius 1 is 0.353 bits per heavy atom. The molecule has 0 unspecified atom stereocenters. The van der Waals surface area contributed by atoms with Gasteiger partial charge in [0.1, 0.15) is 16.1 Å². The largest absolute Gasteiger partial charge is 0.311 e. The third kappa shape index (κ3) is 5.74. The van der Waals surface area contributed by atoms with Gasteiger partial charge >= 0.3 is 0 Å². The van der Waals surface area contributed by atoms with E-state index < -0.39 is 16.1 Å². The summed E-state index contributed by atoms with van der Waals surface area (Å²) in [6.07, 6.45) is 0. The molecule has 68 heavy (non-hydrogen) atoms. The molecule has 328 valence electrons. The van der Waals surface area contributed by atoms with E-state index in [0.29, 0.717) is 0 Å². The van der Waals surface area contributed by atoms with Gasteiger partial charge in [-0.1, -0.05) is 191 Å². The third-order valence-electron chi connectivity index (χ3n) is 16.1. The van der Waals surface area contributed by atoms with Crippen LogP contribution in [0.2, 0.25) is 26.2 Å². The fourth-order valence-corrected chi connectivity index (χ4v) is 18.6. The molecule has 0 saturated heterocycles. The monoisotopic (exact) mass is 906 g/mol. The number of anilines is 6. The van der Waals surface area contributed by atoms with Crippen LogP contribution in [0.1, 0.15) is 30.5 Å². The first kappa shape index (κ1) is 41.0. The van der Waals surface area contributed by atoms with Gasteiger partial charge in [-0.25, -0.2) is 0 Å². The summed E-state index contributed by atoms with van der Waals surface area (Å²) in [5.41, 5.74) is 19.1.